The molecule has 1 amide bonds. The summed E-state index contributed by atoms with van der Waals surface area (Å²) in [7, 11) is 1.62. The van der Waals surface area contributed by atoms with E-state index in [4.69, 9.17) is 18.9 Å². The summed E-state index contributed by atoms with van der Waals surface area (Å²) in [6, 6.07) is 2.73. The Morgan fingerprint density at radius 3 is 2.67 bits per heavy atom. The molecule has 1 aliphatic heterocycles. The number of nitrogens with zero attached hydrogens (tertiary/aromatic N) is 2. The molecule has 8 nitrogen and oxygen atoms in total. The third-order valence-electron chi connectivity index (χ3n) is 5.33. The first-order valence-corrected chi connectivity index (χ1v) is 10.8. The number of carbonyl (C=O) groups excluding carboxylic acids is 2. The standard InChI is InChI=1S/C21H29BrN2O6/c1-13-6-7-16(22)23-17(13)29-18(25)14-10-21(12-28-9-8-27-5)11-15(21)24(14)19(26)30-20(2,3)4/h6-7,14-15H,8-12H2,1-5H3/t14-,15+,21-/m0/s1. The summed E-state index contributed by atoms with van der Waals surface area (Å²) in [5, 5.41) is 0. The second-order valence-electron chi connectivity index (χ2n) is 8.91. The number of fused-ring (bicyclic) bond motifs is 1. The van der Waals surface area contributed by atoms with Crippen LogP contribution in [0.3, 0.4) is 0 Å². The van der Waals surface area contributed by atoms with Gasteiger partial charge in [0.2, 0.25) is 5.88 Å². The number of hydrogen-bond donors (Lipinski definition) is 0. The zero-order valence-corrected chi connectivity index (χ0v) is 19.7. The Morgan fingerprint density at radius 2 is 2.00 bits per heavy atom. The van der Waals surface area contributed by atoms with Crippen molar-refractivity contribution in [3.8, 4) is 5.88 Å². The van der Waals surface area contributed by atoms with Gasteiger partial charge in [-0.3, -0.25) is 4.90 Å². The Labute approximate surface area is 185 Å². The van der Waals surface area contributed by atoms with Gasteiger partial charge in [-0.15, -0.1) is 0 Å². The molecular weight excluding hydrogens is 456 g/mol. The van der Waals surface area contributed by atoms with Crippen LogP contribution in [0, 0.1) is 12.3 Å². The molecule has 0 unspecified atom stereocenters. The molecule has 3 rings (SSSR count). The van der Waals surface area contributed by atoms with E-state index < -0.39 is 23.7 Å². The van der Waals surface area contributed by atoms with Crippen molar-refractivity contribution in [3.63, 3.8) is 0 Å². The molecule has 30 heavy (non-hydrogen) atoms. The van der Waals surface area contributed by atoms with Gasteiger partial charge in [-0.25, -0.2) is 14.6 Å². The number of aryl methyl sites for hydroxylation is 1. The van der Waals surface area contributed by atoms with Gasteiger partial charge in [0, 0.05) is 24.1 Å². The quantitative estimate of drug-likeness (QED) is 0.332. The number of ether oxygens (including phenoxy) is 4. The molecule has 9 heteroatoms. The van der Waals surface area contributed by atoms with Crippen LogP contribution >= 0.6 is 15.9 Å². The Morgan fingerprint density at radius 1 is 1.27 bits per heavy atom. The van der Waals surface area contributed by atoms with Gasteiger partial charge >= 0.3 is 12.1 Å². The average molecular weight is 485 g/mol. The summed E-state index contributed by atoms with van der Waals surface area (Å²) in [5.74, 6) is -0.289. The van der Waals surface area contributed by atoms with E-state index in [1.54, 1.807) is 33.9 Å². The average Bonchev–Trinajstić information content (AvgIpc) is 3.24. The van der Waals surface area contributed by atoms with Crippen molar-refractivity contribution in [3.05, 3.63) is 22.3 Å². The van der Waals surface area contributed by atoms with E-state index >= 15 is 0 Å². The van der Waals surface area contributed by atoms with Gasteiger partial charge in [0.15, 0.2) is 0 Å². The Hall–Kier alpha value is -1.71. The predicted molar refractivity (Wildman–Crippen MR) is 112 cm³/mol. The van der Waals surface area contributed by atoms with Crippen molar-refractivity contribution in [1.82, 2.24) is 9.88 Å². The maximum Gasteiger partial charge on any atom is 0.411 e. The van der Waals surface area contributed by atoms with Crippen molar-refractivity contribution >= 4 is 28.0 Å². The highest BCUT2D eigenvalue weighted by molar-refractivity contribution is 9.10. The van der Waals surface area contributed by atoms with Gasteiger partial charge < -0.3 is 18.9 Å². The smallest absolute Gasteiger partial charge is 0.411 e. The Balaban J connectivity index is 1.76. The van der Waals surface area contributed by atoms with Crippen LogP contribution in [0.4, 0.5) is 4.79 Å². The van der Waals surface area contributed by atoms with Crippen molar-refractivity contribution in [1.29, 1.82) is 0 Å². The second kappa shape index (κ2) is 8.80. The van der Waals surface area contributed by atoms with Crippen LogP contribution in [-0.2, 0) is 19.0 Å². The van der Waals surface area contributed by atoms with Gasteiger partial charge in [-0.05, 0) is 62.5 Å². The lowest BCUT2D eigenvalue weighted by Gasteiger charge is -2.29. The van der Waals surface area contributed by atoms with Crippen molar-refractivity contribution in [2.24, 2.45) is 5.41 Å². The summed E-state index contributed by atoms with van der Waals surface area (Å²) in [4.78, 5) is 31.7. The molecule has 0 N–H and O–H groups in total. The summed E-state index contributed by atoms with van der Waals surface area (Å²) in [6.07, 6.45) is 0.733. The SMILES string of the molecule is COCCOC[C@@]12C[C@@H](C(=O)Oc3nc(Br)ccc3C)N(C(=O)OC(C)(C)C)[C@@H]1C2. The van der Waals surface area contributed by atoms with E-state index in [1.807, 2.05) is 13.0 Å². The number of aromatic nitrogens is 1. The van der Waals surface area contributed by atoms with Crippen LogP contribution < -0.4 is 4.74 Å². The molecule has 2 aliphatic rings. The fourth-order valence-electron chi connectivity index (χ4n) is 3.79. The largest absolute Gasteiger partial charge is 0.444 e. The summed E-state index contributed by atoms with van der Waals surface area (Å²) in [6.45, 7) is 8.64. The summed E-state index contributed by atoms with van der Waals surface area (Å²) >= 11 is 3.29. The van der Waals surface area contributed by atoms with Crippen LogP contribution in [0.5, 0.6) is 5.88 Å². The summed E-state index contributed by atoms with van der Waals surface area (Å²) < 4.78 is 22.5. The first kappa shape index (κ1) is 23.0. The fraction of sp³-hybridized carbons (Fsp3) is 0.667. The van der Waals surface area contributed by atoms with Crippen LogP contribution in [0.2, 0.25) is 0 Å². The van der Waals surface area contributed by atoms with E-state index in [1.165, 1.54) is 4.90 Å². The maximum atomic E-state index is 13.1. The van der Waals surface area contributed by atoms with Crippen LogP contribution in [0.15, 0.2) is 16.7 Å². The van der Waals surface area contributed by atoms with Crippen molar-refractivity contribution < 1.29 is 28.5 Å². The molecule has 1 saturated heterocycles. The molecular formula is C21H29BrN2O6. The van der Waals surface area contributed by atoms with Gasteiger partial charge in [-0.1, -0.05) is 6.07 Å². The topological polar surface area (TPSA) is 87.2 Å². The first-order chi connectivity index (χ1) is 14.1. The Bertz CT molecular complexity index is 811. The number of carbonyl (C=O) groups is 2. The number of rotatable bonds is 7. The molecule has 1 aliphatic carbocycles. The van der Waals surface area contributed by atoms with Gasteiger partial charge in [0.25, 0.3) is 0 Å². The molecule has 1 aromatic heterocycles. The molecule has 1 saturated carbocycles. The summed E-state index contributed by atoms with van der Waals surface area (Å²) in [5.41, 5.74) is -0.187. The molecule has 0 spiro atoms. The molecule has 3 atom stereocenters. The van der Waals surface area contributed by atoms with E-state index in [0.717, 1.165) is 12.0 Å². The number of piperidine rings is 1. The highest BCUT2D eigenvalue weighted by atomic mass is 79.9. The first-order valence-electron chi connectivity index (χ1n) is 9.99. The molecule has 2 fully saturated rings. The highest BCUT2D eigenvalue weighted by Gasteiger charge is 2.68. The van der Waals surface area contributed by atoms with Crippen LogP contribution in [0.25, 0.3) is 0 Å². The molecule has 2 heterocycles. The zero-order chi connectivity index (χ0) is 22.1. The minimum atomic E-state index is -0.746. The van der Waals surface area contributed by atoms with E-state index in [2.05, 4.69) is 20.9 Å². The molecule has 1 aromatic rings. The third kappa shape index (κ3) is 5.12. The number of likely N-dealkylation sites (tertiary alicyclic amines) is 1. The number of pyridine rings is 1. The lowest BCUT2D eigenvalue weighted by Crippen LogP contribution is -2.47. The maximum absolute atomic E-state index is 13.1. The predicted octanol–water partition coefficient (Wildman–Crippen LogP) is 3.49. The normalized spacial score (nSPS) is 25.1. The number of methoxy groups -OCH3 is 1. The highest BCUT2D eigenvalue weighted by Crippen LogP contribution is 2.60. The zero-order valence-electron chi connectivity index (χ0n) is 18.1. The monoisotopic (exact) mass is 484 g/mol. The Kier molecular flexibility index (Phi) is 6.74. The van der Waals surface area contributed by atoms with Gasteiger partial charge in [-0.2, -0.15) is 0 Å². The minimum Gasteiger partial charge on any atom is -0.444 e. The van der Waals surface area contributed by atoms with Gasteiger partial charge in [0.05, 0.1) is 19.8 Å². The lowest BCUT2D eigenvalue weighted by atomic mass is 10.0. The minimum absolute atomic E-state index is 0.107. The molecule has 0 bridgehead atoms. The second-order valence-corrected chi connectivity index (χ2v) is 9.72. The van der Waals surface area contributed by atoms with E-state index in [9.17, 15) is 9.59 Å². The van der Waals surface area contributed by atoms with Crippen molar-refractivity contribution in [2.45, 2.75) is 58.2 Å². The van der Waals surface area contributed by atoms with Crippen molar-refractivity contribution in [2.75, 3.05) is 26.9 Å². The molecule has 166 valence electrons. The number of amides is 1. The van der Waals surface area contributed by atoms with E-state index in [-0.39, 0.29) is 17.3 Å². The fourth-order valence-corrected chi connectivity index (χ4v) is 4.08. The molecule has 0 aromatic carbocycles. The third-order valence-corrected chi connectivity index (χ3v) is 5.77. The van der Waals surface area contributed by atoms with Crippen LogP contribution in [-0.4, -0.2) is 66.6 Å². The number of halogens is 1. The van der Waals surface area contributed by atoms with E-state index in [0.29, 0.717) is 30.8 Å². The molecule has 0 radical (unpaired) electrons. The van der Waals surface area contributed by atoms with Crippen LogP contribution in [0.1, 0.15) is 39.2 Å². The number of esters is 1. The van der Waals surface area contributed by atoms with Gasteiger partial charge in [0.1, 0.15) is 16.2 Å². The number of hydrogen-bond acceptors (Lipinski definition) is 7. The lowest BCUT2D eigenvalue weighted by molar-refractivity contribution is -0.140.